The molecule has 2 amide bonds. The van der Waals surface area contributed by atoms with E-state index in [2.05, 4.69) is 10.3 Å². The zero-order valence-electron chi connectivity index (χ0n) is 12.9. The first-order valence-corrected chi connectivity index (χ1v) is 7.62. The minimum Gasteiger partial charge on any atom is -0.370 e. The Morgan fingerprint density at radius 1 is 1.33 bits per heavy atom. The number of nitrogens with one attached hydrogen (secondary N) is 1. The average molecular weight is 333 g/mol. The second-order valence-electron chi connectivity index (χ2n) is 5.50. The fourth-order valence-electron chi connectivity index (χ4n) is 2.54. The van der Waals surface area contributed by atoms with Crippen molar-refractivity contribution in [3.8, 4) is 0 Å². The van der Waals surface area contributed by atoms with Crippen LogP contribution in [0, 0.1) is 11.6 Å². The van der Waals surface area contributed by atoms with E-state index in [1.54, 1.807) is 23.4 Å². The molecular formula is C17H17F2N3O2. The standard InChI is InChI=1S/C17H17F2N3O2/c18-14-4-3-13(8-15(14)19)16-11-22(6-7-24-16)17(23)21-10-12-2-1-5-20-9-12/h1-5,8-9,16H,6-7,10-11H2,(H,21,23). The lowest BCUT2D eigenvalue weighted by Crippen LogP contribution is -2.47. The van der Waals surface area contributed by atoms with Gasteiger partial charge in [-0.05, 0) is 29.3 Å². The Morgan fingerprint density at radius 2 is 2.21 bits per heavy atom. The van der Waals surface area contributed by atoms with Crippen molar-refractivity contribution in [3.63, 3.8) is 0 Å². The molecule has 1 aliphatic heterocycles. The molecule has 1 aliphatic rings. The summed E-state index contributed by atoms with van der Waals surface area (Å²) in [5.41, 5.74) is 1.41. The first-order valence-electron chi connectivity index (χ1n) is 7.62. The van der Waals surface area contributed by atoms with Gasteiger partial charge in [0.15, 0.2) is 11.6 Å². The van der Waals surface area contributed by atoms with Crippen molar-refractivity contribution < 1.29 is 18.3 Å². The number of benzene rings is 1. The summed E-state index contributed by atoms with van der Waals surface area (Å²) in [5.74, 6) is -1.82. The van der Waals surface area contributed by atoms with Crippen molar-refractivity contribution in [2.24, 2.45) is 0 Å². The summed E-state index contributed by atoms with van der Waals surface area (Å²) in [4.78, 5) is 17.9. The first-order chi connectivity index (χ1) is 11.6. The number of pyridine rings is 1. The lowest BCUT2D eigenvalue weighted by atomic mass is 10.1. The predicted octanol–water partition coefficient (Wildman–Crippen LogP) is 2.64. The van der Waals surface area contributed by atoms with Crippen LogP contribution in [0.15, 0.2) is 42.7 Å². The molecule has 1 atom stereocenters. The van der Waals surface area contributed by atoms with Gasteiger partial charge in [0.1, 0.15) is 6.10 Å². The highest BCUT2D eigenvalue weighted by molar-refractivity contribution is 5.74. The lowest BCUT2D eigenvalue weighted by Gasteiger charge is -2.33. The Morgan fingerprint density at radius 3 is 2.96 bits per heavy atom. The Hall–Kier alpha value is -2.54. The van der Waals surface area contributed by atoms with E-state index < -0.39 is 17.7 Å². The third-order valence-electron chi connectivity index (χ3n) is 3.84. The Balaban J connectivity index is 1.60. The van der Waals surface area contributed by atoms with E-state index in [1.807, 2.05) is 6.07 Å². The summed E-state index contributed by atoms with van der Waals surface area (Å²) in [7, 11) is 0. The number of aromatic nitrogens is 1. The van der Waals surface area contributed by atoms with Gasteiger partial charge in [0, 0.05) is 25.5 Å². The van der Waals surface area contributed by atoms with Crippen LogP contribution >= 0.6 is 0 Å². The van der Waals surface area contributed by atoms with E-state index in [1.165, 1.54) is 6.07 Å². The van der Waals surface area contributed by atoms with Crippen LogP contribution < -0.4 is 5.32 Å². The molecular weight excluding hydrogens is 316 g/mol. The van der Waals surface area contributed by atoms with Gasteiger partial charge in [0.2, 0.25) is 0 Å². The number of halogens is 2. The quantitative estimate of drug-likeness (QED) is 0.939. The molecule has 24 heavy (non-hydrogen) atoms. The Bertz CT molecular complexity index is 712. The molecule has 5 nitrogen and oxygen atoms in total. The van der Waals surface area contributed by atoms with Crippen LogP contribution in [0.4, 0.5) is 13.6 Å². The summed E-state index contributed by atoms with van der Waals surface area (Å²) in [6, 6.07) is 7.09. The molecule has 2 heterocycles. The molecule has 2 aromatic rings. The molecule has 0 saturated carbocycles. The largest absolute Gasteiger partial charge is 0.370 e. The topological polar surface area (TPSA) is 54.5 Å². The van der Waals surface area contributed by atoms with Gasteiger partial charge < -0.3 is 15.0 Å². The monoisotopic (exact) mass is 333 g/mol. The maximum absolute atomic E-state index is 13.4. The molecule has 1 aromatic heterocycles. The number of ether oxygens (including phenoxy) is 1. The second-order valence-corrected chi connectivity index (χ2v) is 5.50. The van der Waals surface area contributed by atoms with Gasteiger partial charge in [0.25, 0.3) is 0 Å². The zero-order chi connectivity index (χ0) is 16.9. The van der Waals surface area contributed by atoms with Crippen LogP contribution in [-0.2, 0) is 11.3 Å². The van der Waals surface area contributed by atoms with E-state index in [9.17, 15) is 13.6 Å². The molecule has 0 radical (unpaired) electrons. The van der Waals surface area contributed by atoms with E-state index in [0.717, 1.165) is 17.7 Å². The smallest absolute Gasteiger partial charge is 0.317 e. The van der Waals surface area contributed by atoms with Crippen molar-refractivity contribution in [2.75, 3.05) is 19.7 Å². The van der Waals surface area contributed by atoms with Crippen LogP contribution in [0.5, 0.6) is 0 Å². The fourth-order valence-corrected chi connectivity index (χ4v) is 2.54. The van der Waals surface area contributed by atoms with Crippen molar-refractivity contribution in [3.05, 3.63) is 65.5 Å². The molecule has 7 heteroatoms. The Labute approximate surface area is 138 Å². The third kappa shape index (κ3) is 3.86. The maximum atomic E-state index is 13.4. The lowest BCUT2D eigenvalue weighted by molar-refractivity contribution is -0.0156. The van der Waals surface area contributed by atoms with Gasteiger partial charge in [0.05, 0.1) is 13.2 Å². The number of amides is 2. The van der Waals surface area contributed by atoms with Crippen LogP contribution in [0.25, 0.3) is 0 Å². The van der Waals surface area contributed by atoms with Crippen LogP contribution in [0.1, 0.15) is 17.2 Å². The molecule has 1 fully saturated rings. The molecule has 1 N–H and O–H groups in total. The summed E-state index contributed by atoms with van der Waals surface area (Å²) in [6.07, 6.45) is 2.88. The van der Waals surface area contributed by atoms with Crippen LogP contribution in [0.2, 0.25) is 0 Å². The number of urea groups is 1. The van der Waals surface area contributed by atoms with Gasteiger partial charge >= 0.3 is 6.03 Å². The minimum atomic E-state index is -0.922. The Kier molecular flexibility index (Phi) is 5.00. The highest BCUT2D eigenvalue weighted by atomic mass is 19.2. The van der Waals surface area contributed by atoms with Gasteiger partial charge in [-0.1, -0.05) is 12.1 Å². The van der Waals surface area contributed by atoms with Crippen molar-refractivity contribution in [1.29, 1.82) is 0 Å². The van der Waals surface area contributed by atoms with Gasteiger partial charge in [-0.15, -0.1) is 0 Å². The number of hydrogen-bond donors (Lipinski definition) is 1. The average Bonchev–Trinajstić information content (AvgIpc) is 2.63. The summed E-state index contributed by atoms with van der Waals surface area (Å²) < 4.78 is 32.0. The van der Waals surface area contributed by atoms with Crippen molar-refractivity contribution in [1.82, 2.24) is 15.2 Å². The molecule has 1 unspecified atom stereocenters. The number of hydrogen-bond acceptors (Lipinski definition) is 3. The van der Waals surface area contributed by atoms with E-state index in [-0.39, 0.29) is 12.6 Å². The second kappa shape index (κ2) is 7.35. The highest BCUT2D eigenvalue weighted by Crippen LogP contribution is 2.23. The first kappa shape index (κ1) is 16.3. The van der Waals surface area contributed by atoms with Gasteiger partial charge in [-0.2, -0.15) is 0 Å². The maximum Gasteiger partial charge on any atom is 0.317 e. The third-order valence-corrected chi connectivity index (χ3v) is 3.84. The molecule has 0 spiro atoms. The van der Waals surface area contributed by atoms with E-state index in [0.29, 0.717) is 25.3 Å². The summed E-state index contributed by atoms with van der Waals surface area (Å²) in [5, 5.41) is 2.82. The summed E-state index contributed by atoms with van der Waals surface area (Å²) >= 11 is 0. The van der Waals surface area contributed by atoms with Crippen LogP contribution in [0.3, 0.4) is 0 Å². The minimum absolute atomic E-state index is 0.227. The normalized spacial score (nSPS) is 17.6. The van der Waals surface area contributed by atoms with Gasteiger partial charge in [-0.25, -0.2) is 13.6 Å². The fraction of sp³-hybridized carbons (Fsp3) is 0.294. The highest BCUT2D eigenvalue weighted by Gasteiger charge is 2.26. The summed E-state index contributed by atoms with van der Waals surface area (Å²) in [6.45, 7) is 1.44. The van der Waals surface area contributed by atoms with E-state index in [4.69, 9.17) is 4.74 Å². The molecule has 0 aliphatic carbocycles. The van der Waals surface area contributed by atoms with Crippen molar-refractivity contribution >= 4 is 6.03 Å². The van der Waals surface area contributed by atoms with Crippen molar-refractivity contribution in [2.45, 2.75) is 12.6 Å². The number of nitrogens with zero attached hydrogens (tertiary/aromatic N) is 2. The number of carbonyl (C=O) groups excluding carboxylic acids is 1. The molecule has 3 rings (SSSR count). The molecule has 1 saturated heterocycles. The molecule has 126 valence electrons. The molecule has 1 aromatic carbocycles. The SMILES string of the molecule is O=C(NCc1cccnc1)N1CCOC(c2ccc(F)c(F)c2)C1. The van der Waals surface area contributed by atoms with Crippen LogP contribution in [-0.4, -0.2) is 35.6 Å². The van der Waals surface area contributed by atoms with Gasteiger partial charge in [-0.3, -0.25) is 4.98 Å². The zero-order valence-corrected chi connectivity index (χ0v) is 12.9. The number of rotatable bonds is 3. The number of carbonyl (C=O) groups is 1. The predicted molar refractivity (Wildman–Crippen MR) is 83.1 cm³/mol. The van der Waals surface area contributed by atoms with E-state index >= 15 is 0 Å². The number of morpholine rings is 1. The molecule has 0 bridgehead atoms.